The molecule has 0 unspecified atom stereocenters. The Morgan fingerprint density at radius 2 is 0.548 bits per heavy atom. The number of esters is 2. The molecule has 0 rings (SSSR count). The highest BCUT2D eigenvalue weighted by Crippen LogP contribution is 2.16. The molecule has 0 radical (unpaired) electrons. The second-order valence-corrected chi connectivity index (χ2v) is 12.9. The highest BCUT2D eigenvalue weighted by atomic mass is 16.7. The van der Waals surface area contributed by atoms with Crippen molar-refractivity contribution in [2.24, 2.45) is 0 Å². The van der Waals surface area contributed by atoms with Gasteiger partial charge in [0.15, 0.2) is 0 Å². The fourth-order valence-corrected chi connectivity index (χ4v) is 5.79. The van der Waals surface area contributed by atoms with Gasteiger partial charge >= 0.3 is 11.9 Å². The molecule has 42 heavy (non-hydrogen) atoms. The van der Waals surface area contributed by atoms with E-state index in [1.54, 1.807) is 6.92 Å². The first-order valence-corrected chi connectivity index (χ1v) is 19.0. The summed E-state index contributed by atoms with van der Waals surface area (Å²) in [6.45, 7) is 6.20. The molecule has 0 saturated heterocycles. The summed E-state index contributed by atoms with van der Waals surface area (Å²) in [5.41, 5.74) is 0. The molecule has 0 heterocycles. The molecule has 0 aliphatic carbocycles. The monoisotopic (exact) mass is 595 g/mol. The third-order valence-electron chi connectivity index (χ3n) is 8.56. The van der Waals surface area contributed by atoms with E-state index < -0.39 is 6.29 Å². The van der Waals surface area contributed by atoms with Gasteiger partial charge in [-0.25, -0.2) is 0 Å². The summed E-state index contributed by atoms with van der Waals surface area (Å²) in [6.07, 6.45) is 39.3. The lowest BCUT2D eigenvalue weighted by Crippen LogP contribution is -2.21. The number of rotatable bonds is 34. The van der Waals surface area contributed by atoms with Gasteiger partial charge in [-0.2, -0.15) is 0 Å². The lowest BCUT2D eigenvalue weighted by Gasteiger charge is -2.14. The number of hydrogen-bond acceptors (Lipinski definition) is 4. The molecule has 4 nitrogen and oxygen atoms in total. The van der Waals surface area contributed by atoms with Crippen LogP contribution in [0.15, 0.2) is 0 Å². The van der Waals surface area contributed by atoms with Crippen molar-refractivity contribution in [3.05, 3.63) is 0 Å². The van der Waals surface area contributed by atoms with Crippen LogP contribution in [-0.4, -0.2) is 18.2 Å². The molecule has 0 aromatic rings. The van der Waals surface area contributed by atoms with E-state index in [4.69, 9.17) is 9.47 Å². The predicted molar refractivity (Wildman–Crippen MR) is 181 cm³/mol. The van der Waals surface area contributed by atoms with Crippen molar-refractivity contribution >= 4 is 11.9 Å². The maximum absolute atomic E-state index is 12.1. The minimum atomic E-state index is -0.780. The number of unbranched alkanes of at least 4 members (excludes halogenated alkanes) is 28. The second-order valence-electron chi connectivity index (χ2n) is 12.9. The quantitative estimate of drug-likeness (QED) is 0.0422. The Labute approximate surface area is 263 Å². The van der Waals surface area contributed by atoms with Crippen molar-refractivity contribution in [2.45, 2.75) is 233 Å². The van der Waals surface area contributed by atoms with Crippen molar-refractivity contribution in [3.8, 4) is 0 Å². The summed E-state index contributed by atoms with van der Waals surface area (Å²) in [6, 6.07) is 0. The summed E-state index contributed by atoms with van der Waals surface area (Å²) in [7, 11) is 0. The SMILES string of the molecule is CCCCCCCCCCCCCCCCCC(=O)OC(C)OC(=O)CCCCCCCCCCCCCCCCC. The van der Waals surface area contributed by atoms with Crippen molar-refractivity contribution in [2.75, 3.05) is 0 Å². The van der Waals surface area contributed by atoms with Gasteiger partial charge in [-0.15, -0.1) is 0 Å². The van der Waals surface area contributed by atoms with Crippen LogP contribution >= 0.6 is 0 Å². The van der Waals surface area contributed by atoms with Gasteiger partial charge in [0.1, 0.15) is 0 Å². The van der Waals surface area contributed by atoms with Crippen LogP contribution < -0.4 is 0 Å². The fraction of sp³-hybridized carbons (Fsp3) is 0.947. The van der Waals surface area contributed by atoms with E-state index in [-0.39, 0.29) is 11.9 Å². The Balaban J connectivity index is 3.39. The third kappa shape index (κ3) is 33.4. The van der Waals surface area contributed by atoms with Gasteiger partial charge in [0, 0.05) is 19.8 Å². The summed E-state index contributed by atoms with van der Waals surface area (Å²) in [4.78, 5) is 24.1. The number of hydrogen-bond donors (Lipinski definition) is 0. The second kappa shape index (κ2) is 34.4. The highest BCUT2D eigenvalue weighted by molar-refractivity contribution is 5.71. The smallest absolute Gasteiger partial charge is 0.308 e. The molecular formula is C38H74O4. The highest BCUT2D eigenvalue weighted by Gasteiger charge is 2.13. The summed E-state index contributed by atoms with van der Waals surface area (Å²) >= 11 is 0. The van der Waals surface area contributed by atoms with Crippen LogP contribution in [0.5, 0.6) is 0 Å². The summed E-state index contributed by atoms with van der Waals surface area (Å²) in [5, 5.41) is 0. The van der Waals surface area contributed by atoms with E-state index in [0.717, 1.165) is 25.7 Å². The molecule has 4 heteroatoms. The zero-order valence-corrected chi connectivity index (χ0v) is 28.8. The topological polar surface area (TPSA) is 52.6 Å². The molecule has 0 N–H and O–H groups in total. The fourth-order valence-electron chi connectivity index (χ4n) is 5.79. The molecule has 0 aliphatic rings. The minimum absolute atomic E-state index is 0.253. The molecule has 0 spiro atoms. The van der Waals surface area contributed by atoms with E-state index in [0.29, 0.717) is 12.8 Å². The molecule has 0 aliphatic heterocycles. The van der Waals surface area contributed by atoms with Crippen molar-refractivity contribution < 1.29 is 19.1 Å². The maximum atomic E-state index is 12.1. The van der Waals surface area contributed by atoms with Crippen LogP contribution in [-0.2, 0) is 19.1 Å². The average molecular weight is 595 g/mol. The Morgan fingerprint density at radius 3 is 0.762 bits per heavy atom. The lowest BCUT2D eigenvalue weighted by molar-refractivity contribution is -0.184. The minimum Gasteiger partial charge on any atom is -0.425 e. The first-order valence-electron chi connectivity index (χ1n) is 19.0. The maximum Gasteiger partial charge on any atom is 0.308 e. The molecule has 0 atom stereocenters. The molecule has 0 aromatic carbocycles. The van der Waals surface area contributed by atoms with Crippen LogP contribution in [0.3, 0.4) is 0 Å². The van der Waals surface area contributed by atoms with E-state index in [9.17, 15) is 9.59 Å². The van der Waals surface area contributed by atoms with Gasteiger partial charge in [0.2, 0.25) is 6.29 Å². The van der Waals surface area contributed by atoms with E-state index in [1.807, 2.05) is 0 Å². The van der Waals surface area contributed by atoms with Gasteiger partial charge in [-0.3, -0.25) is 9.59 Å². The normalized spacial score (nSPS) is 11.3. The van der Waals surface area contributed by atoms with Gasteiger partial charge in [-0.05, 0) is 12.8 Å². The average Bonchev–Trinajstić information content (AvgIpc) is 2.97. The lowest BCUT2D eigenvalue weighted by atomic mass is 10.0. The first-order chi connectivity index (χ1) is 20.6. The molecule has 250 valence electrons. The van der Waals surface area contributed by atoms with Gasteiger partial charge in [-0.1, -0.05) is 194 Å². The van der Waals surface area contributed by atoms with Gasteiger partial charge in [0.25, 0.3) is 0 Å². The van der Waals surface area contributed by atoms with E-state index >= 15 is 0 Å². The van der Waals surface area contributed by atoms with Crippen LogP contribution in [0.2, 0.25) is 0 Å². The zero-order valence-electron chi connectivity index (χ0n) is 28.8. The van der Waals surface area contributed by atoms with Gasteiger partial charge in [0.05, 0.1) is 0 Å². The first kappa shape index (κ1) is 40.9. The van der Waals surface area contributed by atoms with Crippen molar-refractivity contribution in [1.82, 2.24) is 0 Å². The Hall–Kier alpha value is -1.06. The standard InChI is InChI=1S/C38H74O4/c1-4-6-8-10-12-14-16-18-20-22-24-26-28-30-32-34-37(39)41-36(3)42-38(40)35-33-31-29-27-25-23-21-19-17-15-13-11-9-7-5-2/h36H,4-35H2,1-3H3. The third-order valence-corrected chi connectivity index (χ3v) is 8.56. The molecule has 0 bridgehead atoms. The number of carbonyl (C=O) groups is 2. The summed E-state index contributed by atoms with van der Waals surface area (Å²) in [5.74, 6) is -0.506. The number of carbonyl (C=O) groups excluding carboxylic acids is 2. The van der Waals surface area contributed by atoms with Crippen molar-refractivity contribution in [1.29, 1.82) is 0 Å². The summed E-state index contributed by atoms with van der Waals surface area (Å²) < 4.78 is 10.6. The van der Waals surface area contributed by atoms with Crippen LogP contribution in [0.25, 0.3) is 0 Å². The van der Waals surface area contributed by atoms with E-state index in [1.165, 1.54) is 167 Å². The van der Waals surface area contributed by atoms with Crippen LogP contribution in [0, 0.1) is 0 Å². The van der Waals surface area contributed by atoms with Crippen molar-refractivity contribution in [3.63, 3.8) is 0 Å². The Morgan fingerprint density at radius 1 is 0.357 bits per heavy atom. The Kier molecular flexibility index (Phi) is 33.6. The number of ether oxygens (including phenoxy) is 2. The largest absolute Gasteiger partial charge is 0.425 e. The van der Waals surface area contributed by atoms with E-state index in [2.05, 4.69) is 13.8 Å². The predicted octanol–water partition coefficient (Wildman–Crippen LogP) is 12.9. The van der Waals surface area contributed by atoms with Crippen LogP contribution in [0.1, 0.15) is 226 Å². The Bertz CT molecular complexity index is 513. The molecule has 0 aromatic heterocycles. The zero-order chi connectivity index (χ0) is 30.8. The van der Waals surface area contributed by atoms with Crippen LogP contribution in [0.4, 0.5) is 0 Å². The molecule has 0 saturated carbocycles. The molecule has 0 fully saturated rings. The molecular weight excluding hydrogens is 520 g/mol. The molecule has 0 amide bonds. The van der Waals surface area contributed by atoms with Gasteiger partial charge < -0.3 is 9.47 Å².